The van der Waals surface area contributed by atoms with Gasteiger partial charge >= 0.3 is 0 Å². The number of benzene rings is 1. The van der Waals surface area contributed by atoms with Gasteiger partial charge in [-0.15, -0.1) is 0 Å². The van der Waals surface area contributed by atoms with Crippen LogP contribution in [0.15, 0.2) is 34.4 Å². The number of carbonyl (C=O) groups is 2. The van der Waals surface area contributed by atoms with Gasteiger partial charge in [-0.3, -0.25) is 9.59 Å². The van der Waals surface area contributed by atoms with Crippen LogP contribution in [0.3, 0.4) is 0 Å². The molecule has 1 aromatic carbocycles. The number of methoxy groups -OCH3 is 1. The quantitative estimate of drug-likeness (QED) is 0.263. The number of allylic oxidation sites excluding steroid dienone is 4. The Labute approximate surface area is 253 Å². The van der Waals surface area contributed by atoms with Crippen LogP contribution in [0.2, 0.25) is 0 Å². The number of amides is 1. The molecule has 0 radical (unpaired) electrons. The maximum atomic E-state index is 14.0. The van der Waals surface area contributed by atoms with Gasteiger partial charge in [0.05, 0.1) is 6.61 Å². The van der Waals surface area contributed by atoms with Gasteiger partial charge in [0.1, 0.15) is 0 Å². The highest BCUT2D eigenvalue weighted by Crippen LogP contribution is 2.38. The predicted molar refractivity (Wildman–Crippen MR) is 165 cm³/mol. The van der Waals surface area contributed by atoms with Gasteiger partial charge in [0, 0.05) is 62.0 Å². The van der Waals surface area contributed by atoms with Crippen LogP contribution in [0.1, 0.15) is 87.6 Å². The van der Waals surface area contributed by atoms with E-state index in [0.717, 1.165) is 68.0 Å². The van der Waals surface area contributed by atoms with Crippen LogP contribution in [0.4, 0.5) is 8.78 Å². The number of ketones is 1. The van der Waals surface area contributed by atoms with Gasteiger partial charge in [0.2, 0.25) is 0 Å². The second-order valence-corrected chi connectivity index (χ2v) is 12.9. The first-order valence-corrected chi connectivity index (χ1v) is 15.7. The summed E-state index contributed by atoms with van der Waals surface area (Å²) >= 11 is 6.06. The van der Waals surface area contributed by atoms with E-state index in [1.807, 2.05) is 13.0 Å². The van der Waals surface area contributed by atoms with Crippen molar-refractivity contribution in [2.75, 3.05) is 26.8 Å². The number of Topliss-reactive ketones (excluding diaryl/α,β-unsaturated/α-hetero) is 1. The summed E-state index contributed by atoms with van der Waals surface area (Å²) in [7, 11) is 1.62. The molecule has 3 aliphatic rings. The van der Waals surface area contributed by atoms with Crippen LogP contribution in [0.5, 0.6) is 0 Å². The van der Waals surface area contributed by atoms with E-state index in [-0.39, 0.29) is 28.2 Å². The average Bonchev–Trinajstić information content (AvgIpc) is 3.24. The third-order valence-electron chi connectivity index (χ3n) is 9.02. The number of nitrogens with zero attached hydrogens (tertiary/aromatic N) is 1. The third-order valence-corrected chi connectivity index (χ3v) is 9.42. The van der Waals surface area contributed by atoms with E-state index in [0.29, 0.717) is 55.5 Å². The Morgan fingerprint density at radius 3 is 2.60 bits per heavy atom. The maximum absolute atomic E-state index is 14.0. The molecule has 42 heavy (non-hydrogen) atoms. The van der Waals surface area contributed by atoms with Crippen molar-refractivity contribution in [3.8, 4) is 0 Å². The topological polar surface area (TPSA) is 58.6 Å². The molecule has 1 amide bonds. The molecule has 1 saturated carbocycles. The minimum Gasteiger partial charge on any atom is -0.383 e. The van der Waals surface area contributed by atoms with Crippen LogP contribution in [0.25, 0.3) is 12.3 Å². The molecule has 4 rings (SSSR count). The van der Waals surface area contributed by atoms with Crippen LogP contribution in [-0.4, -0.2) is 55.4 Å². The van der Waals surface area contributed by atoms with Gasteiger partial charge in [-0.25, -0.2) is 8.78 Å². The number of hydrogen-bond donors (Lipinski definition) is 1. The fourth-order valence-electron chi connectivity index (χ4n) is 6.44. The van der Waals surface area contributed by atoms with Crippen LogP contribution in [0, 0.1) is 18.8 Å². The van der Waals surface area contributed by atoms with Gasteiger partial charge in [-0.2, -0.15) is 0 Å². The molecule has 0 aromatic heterocycles. The monoisotopic (exact) mass is 602 g/mol. The lowest BCUT2D eigenvalue weighted by molar-refractivity contribution is -0.116. The Hall–Kier alpha value is -2.51. The van der Waals surface area contributed by atoms with Gasteiger partial charge in [0.15, 0.2) is 5.78 Å². The lowest BCUT2D eigenvalue weighted by Gasteiger charge is -2.30. The van der Waals surface area contributed by atoms with Crippen LogP contribution in [-0.2, 0) is 9.53 Å². The van der Waals surface area contributed by atoms with E-state index in [1.165, 1.54) is 6.08 Å². The molecule has 5 nitrogen and oxygen atoms in total. The molecule has 1 aromatic rings. The van der Waals surface area contributed by atoms with Gasteiger partial charge in [-0.05, 0) is 97.9 Å². The molecular weight excluding hydrogens is 558 g/mol. The first-order chi connectivity index (χ1) is 20.0. The molecule has 1 aliphatic heterocycles. The standard InChI is InChI=1S/C34H45ClF2N2O3/c1-22-16-26-11-8-23(2)39(21-28(26)18-29(22)33(41)38-14-15-42-4)20-25-7-5-6-24(9-10-25)17-32(40)27-12-13-31(35)30(19-27)34(3,36)37/h11,16,18-19,21,23-25H,5-10,12-15,17,20H2,1-4H3,(H,38,41). The largest absolute Gasteiger partial charge is 0.383 e. The van der Waals surface area contributed by atoms with Crippen molar-refractivity contribution in [2.45, 2.75) is 90.5 Å². The summed E-state index contributed by atoms with van der Waals surface area (Å²) in [6, 6.07) is 4.45. The highest BCUT2D eigenvalue weighted by molar-refractivity contribution is 6.30. The molecule has 0 bridgehead atoms. The van der Waals surface area contributed by atoms with E-state index >= 15 is 0 Å². The second-order valence-electron chi connectivity index (χ2n) is 12.4. The molecule has 2 aliphatic carbocycles. The molecule has 8 heteroatoms. The minimum atomic E-state index is -3.05. The van der Waals surface area contributed by atoms with Crippen molar-refractivity contribution >= 4 is 35.6 Å². The van der Waals surface area contributed by atoms with Gasteiger partial charge in [0.25, 0.3) is 11.8 Å². The van der Waals surface area contributed by atoms with E-state index in [2.05, 4.69) is 35.5 Å². The summed E-state index contributed by atoms with van der Waals surface area (Å²) in [4.78, 5) is 28.3. The normalized spacial score (nSPS) is 23.2. The number of carbonyl (C=O) groups excluding carboxylic acids is 2. The van der Waals surface area contributed by atoms with Crippen molar-refractivity contribution in [1.82, 2.24) is 10.2 Å². The van der Waals surface area contributed by atoms with Crippen molar-refractivity contribution in [2.24, 2.45) is 11.8 Å². The second kappa shape index (κ2) is 14.3. The zero-order chi connectivity index (χ0) is 30.4. The molecule has 0 saturated heterocycles. The zero-order valence-corrected chi connectivity index (χ0v) is 26.2. The zero-order valence-electron chi connectivity index (χ0n) is 25.4. The molecule has 1 fully saturated rings. The van der Waals surface area contributed by atoms with E-state index in [1.54, 1.807) is 7.11 Å². The van der Waals surface area contributed by atoms with Crippen molar-refractivity contribution in [3.63, 3.8) is 0 Å². The SMILES string of the molecule is COCCNC(=O)c1cc2c(cc1C)=CCC(C)N(CC1CCCC(CC(=O)C3=CC(C(C)(F)F)=C(Cl)CC3)CC1)C=2. The Kier molecular flexibility index (Phi) is 11.0. The van der Waals surface area contributed by atoms with Crippen LogP contribution >= 0.6 is 11.6 Å². The highest BCUT2D eigenvalue weighted by Gasteiger charge is 2.33. The Morgan fingerprint density at radius 2 is 1.86 bits per heavy atom. The molecular formula is C34H45ClF2N2O3. The number of fused-ring (bicyclic) bond motifs is 1. The lowest BCUT2D eigenvalue weighted by atomic mass is 9.87. The Balaban J connectivity index is 1.41. The molecule has 3 atom stereocenters. The third kappa shape index (κ3) is 8.31. The van der Waals surface area contributed by atoms with E-state index < -0.39 is 5.92 Å². The van der Waals surface area contributed by atoms with E-state index in [9.17, 15) is 18.4 Å². The number of nitrogens with one attached hydrogen (secondary N) is 1. The number of alkyl halides is 2. The molecule has 1 N–H and O–H groups in total. The first kappa shape index (κ1) is 32.4. The number of hydrogen-bond acceptors (Lipinski definition) is 4. The number of rotatable bonds is 10. The van der Waals surface area contributed by atoms with Crippen molar-refractivity contribution in [1.29, 1.82) is 0 Å². The number of ether oxygens (including phenoxy) is 1. The van der Waals surface area contributed by atoms with Crippen LogP contribution < -0.4 is 15.8 Å². The lowest BCUT2D eigenvalue weighted by Crippen LogP contribution is -2.35. The minimum absolute atomic E-state index is 0.0108. The molecule has 3 unspecified atom stereocenters. The fraction of sp³-hybridized carbons (Fsp3) is 0.588. The predicted octanol–water partition coefficient (Wildman–Crippen LogP) is 6.01. The fourth-order valence-corrected chi connectivity index (χ4v) is 6.75. The number of halogens is 3. The summed E-state index contributed by atoms with van der Waals surface area (Å²) in [5.74, 6) is -2.36. The summed E-state index contributed by atoms with van der Waals surface area (Å²) < 4.78 is 33.0. The first-order valence-electron chi connectivity index (χ1n) is 15.3. The Bertz CT molecular complexity index is 1350. The molecule has 1 heterocycles. The van der Waals surface area contributed by atoms with Gasteiger partial charge < -0.3 is 15.0 Å². The van der Waals surface area contributed by atoms with Gasteiger partial charge in [-0.1, -0.05) is 36.6 Å². The average molecular weight is 603 g/mol. The summed E-state index contributed by atoms with van der Waals surface area (Å²) in [5, 5.41) is 5.31. The summed E-state index contributed by atoms with van der Waals surface area (Å²) in [5.41, 5.74) is 1.92. The number of aryl methyl sites for hydroxylation is 1. The smallest absolute Gasteiger partial charge is 0.271 e. The summed E-state index contributed by atoms with van der Waals surface area (Å²) in [6.07, 6.45) is 13.1. The van der Waals surface area contributed by atoms with E-state index in [4.69, 9.17) is 16.3 Å². The Morgan fingerprint density at radius 1 is 1.12 bits per heavy atom. The highest BCUT2D eigenvalue weighted by atomic mass is 35.5. The molecule has 230 valence electrons. The molecule has 0 spiro atoms. The summed E-state index contributed by atoms with van der Waals surface area (Å²) in [6.45, 7) is 6.93. The van der Waals surface area contributed by atoms with Crippen molar-refractivity contribution in [3.05, 3.63) is 56.0 Å². The maximum Gasteiger partial charge on any atom is 0.271 e. The van der Waals surface area contributed by atoms with Crippen molar-refractivity contribution < 1.29 is 23.1 Å².